The van der Waals surface area contributed by atoms with Gasteiger partial charge in [0.1, 0.15) is 6.61 Å². The molecule has 0 saturated heterocycles. The Morgan fingerprint density at radius 2 is 1.87 bits per heavy atom. The number of carbonyl (C=O) groups is 1. The van der Waals surface area contributed by atoms with Gasteiger partial charge >= 0.3 is 5.97 Å². The van der Waals surface area contributed by atoms with Crippen LogP contribution in [0.2, 0.25) is 0 Å². The van der Waals surface area contributed by atoms with Crippen molar-refractivity contribution < 1.29 is 24.3 Å². The maximum atomic E-state index is 11.0. The van der Waals surface area contributed by atoms with E-state index in [0.29, 0.717) is 22.7 Å². The van der Waals surface area contributed by atoms with Gasteiger partial charge in [0, 0.05) is 23.9 Å². The van der Waals surface area contributed by atoms with Crippen LogP contribution in [0.1, 0.15) is 21.5 Å². The number of nitrogens with zero attached hydrogens (tertiary/aromatic N) is 2. The fourth-order valence-corrected chi connectivity index (χ4v) is 2.68. The largest absolute Gasteiger partial charge is 0.493 e. The number of nitro benzene ring substituents is 1. The van der Waals surface area contributed by atoms with Crippen LogP contribution in [-0.4, -0.2) is 29.3 Å². The van der Waals surface area contributed by atoms with Crippen molar-refractivity contribution in [3.8, 4) is 11.5 Å². The summed E-state index contributed by atoms with van der Waals surface area (Å²) in [6, 6.07) is 17.7. The van der Waals surface area contributed by atoms with Crippen LogP contribution in [0, 0.1) is 10.1 Å². The van der Waals surface area contributed by atoms with Gasteiger partial charge in [-0.2, -0.15) is 0 Å². The lowest BCUT2D eigenvalue weighted by molar-refractivity contribution is -0.384. The molecule has 0 atom stereocenters. The molecule has 152 valence electrons. The molecule has 0 fully saturated rings. The zero-order chi connectivity index (χ0) is 21.5. The van der Waals surface area contributed by atoms with E-state index in [1.54, 1.807) is 48.7 Å². The molecule has 3 aromatic rings. The van der Waals surface area contributed by atoms with Gasteiger partial charge in [-0.25, -0.2) is 4.79 Å². The Labute approximate surface area is 172 Å². The summed E-state index contributed by atoms with van der Waals surface area (Å²) < 4.78 is 11.3. The molecule has 0 spiro atoms. The highest BCUT2D eigenvalue weighted by Crippen LogP contribution is 2.31. The Hall–Kier alpha value is -4.20. The van der Waals surface area contributed by atoms with Crippen LogP contribution in [0.15, 0.2) is 71.7 Å². The van der Waals surface area contributed by atoms with Gasteiger partial charge in [0.25, 0.3) is 5.69 Å². The molecule has 0 aliphatic carbocycles. The molecular weight excluding hydrogens is 388 g/mol. The first kappa shape index (κ1) is 20.5. The van der Waals surface area contributed by atoms with Crippen molar-refractivity contribution in [3.63, 3.8) is 0 Å². The maximum Gasteiger partial charge on any atom is 0.335 e. The molecule has 0 saturated carbocycles. The predicted molar refractivity (Wildman–Crippen MR) is 111 cm³/mol. The van der Waals surface area contributed by atoms with Gasteiger partial charge in [-0.15, -0.1) is 0 Å². The predicted octanol–water partition coefficient (Wildman–Crippen LogP) is 4.63. The van der Waals surface area contributed by atoms with Crippen LogP contribution >= 0.6 is 0 Å². The number of benzene rings is 3. The van der Waals surface area contributed by atoms with Gasteiger partial charge in [0.15, 0.2) is 11.5 Å². The summed E-state index contributed by atoms with van der Waals surface area (Å²) in [5, 5.41) is 19.9. The second kappa shape index (κ2) is 9.33. The first-order valence-corrected chi connectivity index (χ1v) is 8.88. The summed E-state index contributed by atoms with van der Waals surface area (Å²) >= 11 is 0. The Balaban J connectivity index is 1.83. The van der Waals surface area contributed by atoms with Crippen molar-refractivity contribution in [2.24, 2.45) is 4.99 Å². The molecule has 8 nitrogen and oxygen atoms in total. The van der Waals surface area contributed by atoms with Crippen molar-refractivity contribution in [2.45, 2.75) is 6.61 Å². The smallest absolute Gasteiger partial charge is 0.335 e. The van der Waals surface area contributed by atoms with E-state index in [9.17, 15) is 14.9 Å². The SMILES string of the molecule is COc1cccc(C=Nc2cccc([N+](=O)[O-])c2)c1OCc1ccc(C(=O)O)cc1. The van der Waals surface area contributed by atoms with Crippen LogP contribution in [-0.2, 0) is 6.61 Å². The highest BCUT2D eigenvalue weighted by Gasteiger charge is 2.11. The zero-order valence-electron chi connectivity index (χ0n) is 16.0. The third-order valence-corrected chi connectivity index (χ3v) is 4.21. The third kappa shape index (κ3) is 4.99. The van der Waals surface area contributed by atoms with E-state index in [-0.39, 0.29) is 17.9 Å². The van der Waals surface area contributed by atoms with E-state index in [1.165, 1.54) is 31.4 Å². The standard InChI is InChI=1S/C22H18N2O6/c1-29-20-7-2-4-17(13-23-18-5-3-6-19(12-18)24(27)28)21(20)30-14-15-8-10-16(11-9-15)22(25)26/h2-13H,14H2,1H3,(H,25,26). The molecule has 30 heavy (non-hydrogen) atoms. The average Bonchev–Trinajstić information content (AvgIpc) is 2.76. The van der Waals surface area contributed by atoms with Crippen molar-refractivity contribution in [2.75, 3.05) is 7.11 Å². The lowest BCUT2D eigenvalue weighted by Crippen LogP contribution is -2.02. The van der Waals surface area contributed by atoms with Gasteiger partial charge in [-0.05, 0) is 35.9 Å². The maximum absolute atomic E-state index is 11.0. The Bertz CT molecular complexity index is 1090. The summed E-state index contributed by atoms with van der Waals surface area (Å²) in [4.78, 5) is 25.7. The first-order valence-electron chi connectivity index (χ1n) is 8.88. The van der Waals surface area contributed by atoms with Crippen LogP contribution in [0.4, 0.5) is 11.4 Å². The molecule has 0 aliphatic rings. The highest BCUT2D eigenvalue weighted by atomic mass is 16.6. The van der Waals surface area contributed by atoms with Crippen LogP contribution in [0.3, 0.4) is 0 Å². The first-order chi connectivity index (χ1) is 14.5. The number of methoxy groups -OCH3 is 1. The van der Waals surface area contributed by atoms with Gasteiger partial charge in [-0.1, -0.05) is 24.3 Å². The Morgan fingerprint density at radius 3 is 2.53 bits per heavy atom. The minimum absolute atomic E-state index is 0.0448. The fraction of sp³-hybridized carbons (Fsp3) is 0.0909. The number of nitro groups is 1. The van der Waals surface area contributed by atoms with Crippen LogP contribution in [0.5, 0.6) is 11.5 Å². The number of hydrogen-bond donors (Lipinski definition) is 1. The molecule has 3 aromatic carbocycles. The third-order valence-electron chi connectivity index (χ3n) is 4.21. The van der Waals surface area contributed by atoms with Gasteiger partial charge in [-0.3, -0.25) is 15.1 Å². The molecule has 3 rings (SSSR count). The summed E-state index contributed by atoms with van der Waals surface area (Å²) in [6.45, 7) is 0.192. The number of ether oxygens (including phenoxy) is 2. The fourth-order valence-electron chi connectivity index (χ4n) is 2.68. The van der Waals surface area contributed by atoms with E-state index in [2.05, 4.69) is 4.99 Å². The molecular formula is C22H18N2O6. The molecule has 0 bridgehead atoms. The second-order valence-electron chi connectivity index (χ2n) is 6.20. The number of aromatic carboxylic acids is 1. The number of non-ortho nitro benzene ring substituents is 1. The minimum atomic E-state index is -0.994. The van der Waals surface area contributed by atoms with E-state index in [4.69, 9.17) is 14.6 Å². The summed E-state index contributed by atoms with van der Waals surface area (Å²) in [5.41, 5.74) is 2.00. The van der Waals surface area contributed by atoms with Crippen molar-refractivity contribution in [1.29, 1.82) is 0 Å². The number of para-hydroxylation sites is 1. The average molecular weight is 406 g/mol. The van der Waals surface area contributed by atoms with Gasteiger partial charge < -0.3 is 14.6 Å². The number of rotatable bonds is 8. The summed E-state index contributed by atoms with van der Waals surface area (Å²) in [6.07, 6.45) is 1.55. The number of carboxylic acid groups (broad SMARTS) is 1. The van der Waals surface area contributed by atoms with Crippen molar-refractivity contribution in [1.82, 2.24) is 0 Å². The normalized spacial score (nSPS) is 10.7. The second-order valence-corrected chi connectivity index (χ2v) is 6.20. The summed E-state index contributed by atoms with van der Waals surface area (Å²) in [7, 11) is 1.52. The molecule has 0 aromatic heterocycles. The number of carboxylic acids is 1. The molecule has 0 radical (unpaired) electrons. The van der Waals surface area contributed by atoms with Crippen LogP contribution < -0.4 is 9.47 Å². The minimum Gasteiger partial charge on any atom is -0.493 e. The Morgan fingerprint density at radius 1 is 1.13 bits per heavy atom. The van der Waals surface area contributed by atoms with Crippen molar-refractivity contribution in [3.05, 3.63) is 93.5 Å². The summed E-state index contributed by atoms with van der Waals surface area (Å²) in [5.74, 6) is -0.0384. The number of hydrogen-bond acceptors (Lipinski definition) is 6. The number of aliphatic imine (C=N–C) groups is 1. The zero-order valence-corrected chi connectivity index (χ0v) is 16.0. The topological polar surface area (TPSA) is 111 Å². The van der Waals surface area contributed by atoms with Gasteiger partial charge in [0.05, 0.1) is 23.3 Å². The molecule has 0 aliphatic heterocycles. The van der Waals surface area contributed by atoms with Gasteiger partial charge in [0.2, 0.25) is 0 Å². The molecule has 8 heteroatoms. The highest BCUT2D eigenvalue weighted by molar-refractivity contribution is 5.88. The van der Waals surface area contributed by atoms with E-state index < -0.39 is 10.9 Å². The lowest BCUT2D eigenvalue weighted by Gasteiger charge is -2.13. The van der Waals surface area contributed by atoms with E-state index in [0.717, 1.165) is 5.56 Å². The lowest BCUT2D eigenvalue weighted by atomic mass is 10.1. The monoisotopic (exact) mass is 406 g/mol. The molecule has 0 amide bonds. The molecule has 0 heterocycles. The van der Waals surface area contributed by atoms with Crippen molar-refractivity contribution >= 4 is 23.6 Å². The Kier molecular flexibility index (Phi) is 6.39. The molecule has 1 N–H and O–H groups in total. The van der Waals surface area contributed by atoms with E-state index in [1.807, 2.05) is 0 Å². The quantitative estimate of drug-likeness (QED) is 0.332. The van der Waals surface area contributed by atoms with E-state index >= 15 is 0 Å². The van der Waals surface area contributed by atoms with Crippen LogP contribution in [0.25, 0.3) is 0 Å². The molecule has 0 unspecified atom stereocenters.